The first-order valence-electron chi connectivity index (χ1n) is 8.12. The van der Waals surface area contributed by atoms with E-state index in [4.69, 9.17) is 34.8 Å². The first-order chi connectivity index (χ1) is 12.3. The van der Waals surface area contributed by atoms with Gasteiger partial charge in [-0.3, -0.25) is 0 Å². The van der Waals surface area contributed by atoms with Crippen molar-refractivity contribution in [2.75, 3.05) is 18.8 Å². The summed E-state index contributed by atoms with van der Waals surface area (Å²) in [7, 11) is -3.67. The van der Waals surface area contributed by atoms with E-state index >= 15 is 0 Å². The maximum Gasteiger partial charge on any atom is 0.244 e. The van der Waals surface area contributed by atoms with Crippen molar-refractivity contribution >= 4 is 56.6 Å². The largest absolute Gasteiger partial charge is 0.244 e. The van der Waals surface area contributed by atoms with E-state index in [2.05, 4.69) is 0 Å². The highest BCUT2D eigenvalue weighted by molar-refractivity contribution is 7.99. The number of nitrogens with zero attached hydrogens (tertiary/aromatic N) is 1. The van der Waals surface area contributed by atoms with Gasteiger partial charge in [-0.2, -0.15) is 16.1 Å². The summed E-state index contributed by atoms with van der Waals surface area (Å²) < 4.78 is 27.7. The van der Waals surface area contributed by atoms with Crippen molar-refractivity contribution in [1.29, 1.82) is 0 Å². The molecule has 1 unspecified atom stereocenters. The van der Waals surface area contributed by atoms with Crippen LogP contribution in [0.25, 0.3) is 0 Å². The van der Waals surface area contributed by atoms with Crippen molar-refractivity contribution in [3.05, 3.63) is 62.6 Å². The first kappa shape index (κ1) is 20.3. The van der Waals surface area contributed by atoms with Gasteiger partial charge in [0, 0.05) is 34.1 Å². The fourth-order valence-corrected chi connectivity index (χ4v) is 6.92. The number of thioether (sulfide) groups is 1. The Kier molecular flexibility index (Phi) is 6.48. The van der Waals surface area contributed by atoms with Gasteiger partial charge in [-0.15, -0.1) is 0 Å². The second kappa shape index (κ2) is 8.29. The van der Waals surface area contributed by atoms with E-state index in [0.717, 1.165) is 10.6 Å². The SMILES string of the molecule is Cc1cc(S(=O)(=O)N2CCSC(c3ccccc3Cl)CC2)c(Cl)cc1Cl. The van der Waals surface area contributed by atoms with Gasteiger partial charge >= 0.3 is 0 Å². The summed E-state index contributed by atoms with van der Waals surface area (Å²) in [4.78, 5) is 0.113. The van der Waals surface area contributed by atoms with E-state index in [1.807, 2.05) is 24.3 Å². The molecule has 8 heteroatoms. The van der Waals surface area contributed by atoms with Gasteiger partial charge in [0.2, 0.25) is 10.0 Å². The summed E-state index contributed by atoms with van der Waals surface area (Å²) in [5, 5.41) is 1.50. The third kappa shape index (κ3) is 4.18. The lowest BCUT2D eigenvalue weighted by Crippen LogP contribution is -2.33. The Morgan fingerprint density at radius 2 is 1.77 bits per heavy atom. The lowest BCUT2D eigenvalue weighted by atomic mass is 10.1. The third-order valence-corrected chi connectivity index (χ3v) is 8.81. The van der Waals surface area contributed by atoms with E-state index in [1.54, 1.807) is 24.8 Å². The van der Waals surface area contributed by atoms with Crippen LogP contribution >= 0.6 is 46.6 Å². The Labute approximate surface area is 173 Å². The summed E-state index contributed by atoms with van der Waals surface area (Å²) in [5.74, 6) is 0.694. The quantitative estimate of drug-likeness (QED) is 0.591. The molecule has 0 bridgehead atoms. The van der Waals surface area contributed by atoms with Gasteiger partial charge in [0.15, 0.2) is 0 Å². The molecule has 2 aromatic carbocycles. The average molecular weight is 451 g/mol. The van der Waals surface area contributed by atoms with Crippen molar-refractivity contribution in [3.63, 3.8) is 0 Å². The highest BCUT2D eigenvalue weighted by Crippen LogP contribution is 2.39. The minimum Gasteiger partial charge on any atom is -0.207 e. The molecule has 0 aromatic heterocycles. The van der Waals surface area contributed by atoms with Crippen LogP contribution in [0.15, 0.2) is 41.3 Å². The Morgan fingerprint density at radius 1 is 1.04 bits per heavy atom. The molecule has 1 saturated heterocycles. The number of hydrogen-bond donors (Lipinski definition) is 0. The molecule has 0 amide bonds. The van der Waals surface area contributed by atoms with Gasteiger partial charge in [0.25, 0.3) is 0 Å². The maximum absolute atomic E-state index is 13.1. The zero-order valence-corrected chi connectivity index (χ0v) is 18.0. The molecule has 0 aliphatic carbocycles. The fraction of sp³-hybridized carbons (Fsp3) is 0.333. The molecule has 1 fully saturated rings. The molecule has 0 saturated carbocycles. The summed E-state index contributed by atoms with van der Waals surface area (Å²) in [6.07, 6.45) is 0.692. The van der Waals surface area contributed by atoms with Crippen molar-refractivity contribution in [1.82, 2.24) is 4.31 Å². The number of rotatable bonds is 3. The van der Waals surface area contributed by atoms with E-state index < -0.39 is 10.0 Å². The number of aryl methyl sites for hydroxylation is 1. The smallest absolute Gasteiger partial charge is 0.207 e. The molecule has 1 aliphatic rings. The maximum atomic E-state index is 13.1. The highest BCUT2D eigenvalue weighted by Gasteiger charge is 2.30. The molecule has 3 rings (SSSR count). The second-order valence-corrected chi connectivity index (χ2v) is 10.5. The van der Waals surface area contributed by atoms with E-state index in [0.29, 0.717) is 35.8 Å². The minimum absolute atomic E-state index is 0.113. The third-order valence-electron chi connectivity index (χ3n) is 4.38. The molecule has 1 aliphatic heterocycles. The zero-order chi connectivity index (χ0) is 18.9. The van der Waals surface area contributed by atoms with Crippen LogP contribution in [0.1, 0.15) is 22.8 Å². The standard InChI is InChI=1S/C18H18Cl3NO2S2/c1-12-10-18(16(21)11-15(12)20)26(23,24)22-7-6-17(25-9-8-22)13-4-2-3-5-14(13)19/h2-5,10-11,17H,6-9H2,1H3. The van der Waals surface area contributed by atoms with Gasteiger partial charge in [-0.1, -0.05) is 53.0 Å². The van der Waals surface area contributed by atoms with E-state index in [1.165, 1.54) is 10.4 Å². The summed E-state index contributed by atoms with van der Waals surface area (Å²) in [6.45, 7) is 2.62. The van der Waals surface area contributed by atoms with Crippen LogP contribution in [-0.4, -0.2) is 31.6 Å². The summed E-state index contributed by atoms with van der Waals surface area (Å²) in [6, 6.07) is 10.8. The predicted octanol–water partition coefficient (Wildman–Crippen LogP) is 5.82. The number of halogens is 3. The van der Waals surface area contributed by atoms with Crippen molar-refractivity contribution in [2.45, 2.75) is 23.5 Å². The van der Waals surface area contributed by atoms with Crippen LogP contribution in [0, 0.1) is 6.92 Å². The van der Waals surface area contributed by atoms with Gasteiger partial charge < -0.3 is 0 Å². The molecule has 1 heterocycles. The minimum atomic E-state index is -3.67. The zero-order valence-electron chi connectivity index (χ0n) is 14.1. The average Bonchev–Trinajstić information content (AvgIpc) is 2.85. The van der Waals surface area contributed by atoms with E-state index in [9.17, 15) is 8.42 Å². The fourth-order valence-electron chi connectivity index (χ4n) is 2.94. The van der Waals surface area contributed by atoms with Crippen LogP contribution in [-0.2, 0) is 10.0 Å². The molecule has 1 atom stereocenters. The molecule has 140 valence electrons. The summed E-state index contributed by atoms with van der Waals surface area (Å²) >= 11 is 20.3. The molecule has 0 spiro atoms. The number of sulfonamides is 1. The van der Waals surface area contributed by atoms with Crippen LogP contribution in [0.4, 0.5) is 0 Å². The van der Waals surface area contributed by atoms with Gasteiger partial charge in [-0.05, 0) is 42.7 Å². The molecular formula is C18H18Cl3NO2S2. The highest BCUT2D eigenvalue weighted by atomic mass is 35.5. The van der Waals surface area contributed by atoms with Crippen molar-refractivity contribution in [3.8, 4) is 0 Å². The molecular weight excluding hydrogens is 433 g/mol. The Hall–Kier alpha value is -0.430. The van der Waals surface area contributed by atoms with Gasteiger partial charge in [0.1, 0.15) is 4.90 Å². The Bertz CT molecular complexity index is 919. The Morgan fingerprint density at radius 3 is 2.50 bits per heavy atom. The second-order valence-electron chi connectivity index (χ2n) is 6.11. The van der Waals surface area contributed by atoms with Gasteiger partial charge in [-0.25, -0.2) is 8.42 Å². The van der Waals surface area contributed by atoms with Crippen LogP contribution in [0.2, 0.25) is 15.1 Å². The molecule has 3 nitrogen and oxygen atoms in total. The molecule has 0 N–H and O–H groups in total. The lowest BCUT2D eigenvalue weighted by molar-refractivity contribution is 0.428. The Balaban J connectivity index is 1.85. The van der Waals surface area contributed by atoms with Crippen LogP contribution in [0.5, 0.6) is 0 Å². The molecule has 26 heavy (non-hydrogen) atoms. The molecule has 2 aromatic rings. The van der Waals surface area contributed by atoms with E-state index in [-0.39, 0.29) is 15.2 Å². The summed E-state index contributed by atoms with van der Waals surface area (Å²) in [5.41, 5.74) is 1.74. The van der Waals surface area contributed by atoms with Crippen molar-refractivity contribution < 1.29 is 8.42 Å². The van der Waals surface area contributed by atoms with Crippen LogP contribution in [0.3, 0.4) is 0 Å². The number of hydrogen-bond acceptors (Lipinski definition) is 3. The molecule has 0 radical (unpaired) electrons. The van der Waals surface area contributed by atoms with Gasteiger partial charge in [0.05, 0.1) is 5.02 Å². The number of benzene rings is 2. The lowest BCUT2D eigenvalue weighted by Gasteiger charge is -2.21. The van der Waals surface area contributed by atoms with Crippen LogP contribution < -0.4 is 0 Å². The normalized spacial score (nSPS) is 19.3. The topological polar surface area (TPSA) is 37.4 Å². The predicted molar refractivity (Wildman–Crippen MR) is 111 cm³/mol. The monoisotopic (exact) mass is 449 g/mol. The first-order valence-corrected chi connectivity index (χ1v) is 11.7. The van der Waals surface area contributed by atoms with Crippen molar-refractivity contribution in [2.24, 2.45) is 0 Å².